The van der Waals surface area contributed by atoms with Crippen LogP contribution in [0, 0.1) is 6.92 Å². The van der Waals surface area contributed by atoms with Gasteiger partial charge in [-0.25, -0.2) is 9.78 Å². The monoisotopic (exact) mass is 382 g/mol. The van der Waals surface area contributed by atoms with Crippen LogP contribution >= 0.6 is 11.3 Å². The summed E-state index contributed by atoms with van der Waals surface area (Å²) >= 11 is 1.28. The molecule has 1 heterocycles. The number of amides is 1. The predicted molar refractivity (Wildman–Crippen MR) is 103 cm³/mol. The van der Waals surface area contributed by atoms with Gasteiger partial charge in [0.15, 0.2) is 17.8 Å². The van der Waals surface area contributed by atoms with E-state index in [0.717, 1.165) is 16.8 Å². The Labute approximate surface area is 160 Å². The van der Waals surface area contributed by atoms with E-state index >= 15 is 0 Å². The quantitative estimate of drug-likeness (QED) is 0.639. The molecule has 1 atom stereocenters. The summed E-state index contributed by atoms with van der Waals surface area (Å²) in [4.78, 5) is 28.2. The van der Waals surface area contributed by atoms with Crippen molar-refractivity contribution in [2.24, 2.45) is 0 Å². The van der Waals surface area contributed by atoms with Gasteiger partial charge >= 0.3 is 5.97 Å². The molecule has 1 amide bonds. The van der Waals surface area contributed by atoms with E-state index in [0.29, 0.717) is 10.7 Å². The Hall–Kier alpha value is -3.03. The van der Waals surface area contributed by atoms with Gasteiger partial charge in [-0.1, -0.05) is 60.2 Å². The number of thiazole rings is 1. The molecule has 27 heavy (non-hydrogen) atoms. The van der Waals surface area contributed by atoms with Crippen LogP contribution in [0.2, 0.25) is 0 Å². The lowest BCUT2D eigenvalue weighted by molar-refractivity contribution is -0.156. The molecular weight excluding hydrogens is 364 g/mol. The number of aliphatic hydroxyl groups excluding tert-OH is 1. The molecule has 0 aliphatic rings. The topological polar surface area (TPSA) is 88.5 Å². The number of rotatable bonds is 6. The smallest absolute Gasteiger partial charge is 0.340 e. The van der Waals surface area contributed by atoms with Crippen LogP contribution in [-0.2, 0) is 14.3 Å². The first-order valence-corrected chi connectivity index (χ1v) is 9.13. The van der Waals surface area contributed by atoms with Crippen LogP contribution in [0.4, 0.5) is 5.13 Å². The van der Waals surface area contributed by atoms with Gasteiger partial charge in [-0.05, 0) is 12.5 Å². The standard InChI is InChI=1S/C20H18N2O4S/c1-13-7-9-14(10-8-13)16-12-27-20(21-16)22-17(23)11-26-19(25)18(24)15-5-3-2-4-6-15/h2-10,12,18,24H,11H2,1H3,(H,21,22,23)/t18-/m0/s1. The number of aromatic nitrogens is 1. The number of anilines is 1. The molecule has 0 saturated carbocycles. The third kappa shape index (κ3) is 4.99. The molecule has 0 radical (unpaired) electrons. The lowest BCUT2D eigenvalue weighted by atomic mass is 10.1. The number of carbonyl (C=O) groups excluding carboxylic acids is 2. The second-order valence-electron chi connectivity index (χ2n) is 5.87. The predicted octanol–water partition coefficient (Wildman–Crippen LogP) is 3.33. The molecular formula is C20H18N2O4S. The van der Waals surface area contributed by atoms with Gasteiger partial charge < -0.3 is 9.84 Å². The maximum Gasteiger partial charge on any atom is 0.340 e. The van der Waals surface area contributed by atoms with E-state index in [1.54, 1.807) is 30.3 Å². The minimum Gasteiger partial charge on any atom is -0.453 e. The molecule has 2 aromatic carbocycles. The summed E-state index contributed by atoms with van der Waals surface area (Å²) in [6, 6.07) is 16.3. The third-order valence-corrected chi connectivity index (χ3v) is 4.54. The van der Waals surface area contributed by atoms with Gasteiger partial charge in [-0.2, -0.15) is 0 Å². The van der Waals surface area contributed by atoms with Crippen LogP contribution in [0.5, 0.6) is 0 Å². The maximum atomic E-state index is 12.0. The molecule has 0 bridgehead atoms. The molecule has 0 fully saturated rings. The molecule has 3 rings (SSSR count). The van der Waals surface area contributed by atoms with Crippen molar-refractivity contribution in [3.05, 3.63) is 71.1 Å². The van der Waals surface area contributed by atoms with Gasteiger partial charge in [-0.15, -0.1) is 11.3 Å². The third-order valence-electron chi connectivity index (χ3n) is 3.78. The van der Waals surface area contributed by atoms with Crippen LogP contribution in [0.1, 0.15) is 17.2 Å². The summed E-state index contributed by atoms with van der Waals surface area (Å²) < 4.78 is 4.87. The van der Waals surface area contributed by atoms with E-state index in [4.69, 9.17) is 4.74 Å². The van der Waals surface area contributed by atoms with E-state index in [1.807, 2.05) is 36.6 Å². The number of aryl methyl sites for hydroxylation is 1. The van der Waals surface area contributed by atoms with Crippen molar-refractivity contribution < 1.29 is 19.4 Å². The minimum atomic E-state index is -1.42. The van der Waals surface area contributed by atoms with Gasteiger partial charge in [0.1, 0.15) is 0 Å². The van der Waals surface area contributed by atoms with E-state index in [1.165, 1.54) is 11.3 Å². The van der Waals surface area contributed by atoms with Gasteiger partial charge in [0.05, 0.1) is 5.69 Å². The fraction of sp³-hybridized carbons (Fsp3) is 0.150. The van der Waals surface area contributed by atoms with Gasteiger partial charge in [0.2, 0.25) is 0 Å². The Morgan fingerprint density at radius 2 is 1.85 bits per heavy atom. The Bertz CT molecular complexity index is 923. The van der Waals surface area contributed by atoms with Gasteiger partial charge in [0.25, 0.3) is 5.91 Å². The van der Waals surface area contributed by atoms with Crippen molar-refractivity contribution in [2.45, 2.75) is 13.0 Å². The highest BCUT2D eigenvalue weighted by molar-refractivity contribution is 7.14. The molecule has 7 heteroatoms. The average Bonchev–Trinajstić information content (AvgIpc) is 3.15. The Kier molecular flexibility index (Phi) is 5.95. The number of carbonyl (C=O) groups is 2. The number of hydrogen-bond donors (Lipinski definition) is 2. The second-order valence-corrected chi connectivity index (χ2v) is 6.73. The Morgan fingerprint density at radius 3 is 2.56 bits per heavy atom. The second kappa shape index (κ2) is 8.57. The lowest BCUT2D eigenvalue weighted by Crippen LogP contribution is -2.23. The number of nitrogens with zero attached hydrogens (tertiary/aromatic N) is 1. The highest BCUT2D eigenvalue weighted by Gasteiger charge is 2.20. The Morgan fingerprint density at radius 1 is 1.15 bits per heavy atom. The van der Waals surface area contributed by atoms with Crippen molar-refractivity contribution in [1.82, 2.24) is 4.98 Å². The number of aliphatic hydroxyl groups is 1. The molecule has 138 valence electrons. The van der Waals surface area contributed by atoms with E-state index in [2.05, 4.69) is 10.3 Å². The summed E-state index contributed by atoms with van der Waals surface area (Å²) in [5.74, 6) is -1.40. The van der Waals surface area contributed by atoms with Crippen molar-refractivity contribution in [2.75, 3.05) is 11.9 Å². The lowest BCUT2D eigenvalue weighted by Gasteiger charge is -2.10. The first kappa shape index (κ1) is 18.8. The molecule has 1 aromatic heterocycles. The fourth-order valence-electron chi connectivity index (χ4n) is 2.33. The number of benzene rings is 2. The van der Waals surface area contributed by atoms with Crippen LogP contribution in [-0.4, -0.2) is 28.6 Å². The molecule has 0 spiro atoms. The Balaban J connectivity index is 1.52. The maximum absolute atomic E-state index is 12.0. The van der Waals surface area contributed by atoms with Gasteiger partial charge in [0, 0.05) is 10.9 Å². The zero-order valence-corrected chi connectivity index (χ0v) is 15.4. The summed E-state index contributed by atoms with van der Waals surface area (Å²) in [5.41, 5.74) is 3.27. The van der Waals surface area contributed by atoms with Crippen molar-refractivity contribution in [3.63, 3.8) is 0 Å². The number of hydrogen-bond acceptors (Lipinski definition) is 6. The highest BCUT2D eigenvalue weighted by Crippen LogP contribution is 2.25. The van der Waals surface area contributed by atoms with Crippen LogP contribution in [0.3, 0.4) is 0 Å². The normalized spacial score (nSPS) is 11.6. The zero-order valence-electron chi connectivity index (χ0n) is 14.6. The van der Waals surface area contributed by atoms with Crippen molar-refractivity contribution >= 4 is 28.3 Å². The van der Waals surface area contributed by atoms with Crippen molar-refractivity contribution in [1.29, 1.82) is 0 Å². The van der Waals surface area contributed by atoms with Crippen LogP contribution in [0.25, 0.3) is 11.3 Å². The van der Waals surface area contributed by atoms with Crippen LogP contribution in [0.15, 0.2) is 60.0 Å². The average molecular weight is 382 g/mol. The summed E-state index contributed by atoms with van der Waals surface area (Å²) in [6.07, 6.45) is -1.42. The molecule has 0 aliphatic carbocycles. The van der Waals surface area contributed by atoms with E-state index < -0.39 is 24.6 Å². The van der Waals surface area contributed by atoms with E-state index in [-0.39, 0.29) is 0 Å². The summed E-state index contributed by atoms with van der Waals surface area (Å²) in [5, 5.41) is 14.8. The van der Waals surface area contributed by atoms with Crippen LogP contribution < -0.4 is 5.32 Å². The molecule has 0 unspecified atom stereocenters. The highest BCUT2D eigenvalue weighted by atomic mass is 32.1. The summed E-state index contributed by atoms with van der Waals surface area (Å²) in [7, 11) is 0. The number of ether oxygens (including phenoxy) is 1. The first-order valence-electron chi connectivity index (χ1n) is 8.25. The number of nitrogens with one attached hydrogen (secondary N) is 1. The molecule has 6 nitrogen and oxygen atoms in total. The molecule has 0 saturated heterocycles. The first-order chi connectivity index (χ1) is 13.0. The zero-order chi connectivity index (χ0) is 19.2. The largest absolute Gasteiger partial charge is 0.453 e. The number of esters is 1. The SMILES string of the molecule is Cc1ccc(-c2csc(NC(=O)COC(=O)[C@@H](O)c3ccccc3)n2)cc1. The molecule has 0 aliphatic heterocycles. The molecule has 3 aromatic rings. The molecule has 2 N–H and O–H groups in total. The fourth-order valence-corrected chi connectivity index (χ4v) is 3.07. The van der Waals surface area contributed by atoms with Crippen molar-refractivity contribution in [3.8, 4) is 11.3 Å². The minimum absolute atomic E-state index is 0.408. The van der Waals surface area contributed by atoms with E-state index in [9.17, 15) is 14.7 Å². The van der Waals surface area contributed by atoms with Gasteiger partial charge in [-0.3, -0.25) is 10.1 Å². The summed E-state index contributed by atoms with van der Waals surface area (Å²) in [6.45, 7) is 1.51.